The van der Waals surface area contributed by atoms with Crippen molar-refractivity contribution < 1.29 is 25.5 Å². The fourth-order valence-electron chi connectivity index (χ4n) is 8.54. The Hall–Kier alpha value is -6.47. The SMILES string of the molecule is CC(C)(C)c1ccnc(-c2[c-]c(N(c3[c-]c(-c4ncnc5c4nc4c6ccccc6sn54)c4oc5ccccc5c4c3)C(C)(C)C)cc(-c3ccc(-c4ccccc4)cc3)c2)c1.[Pt+2]. The van der Waals surface area contributed by atoms with Gasteiger partial charge in [0, 0.05) is 28.2 Å². The second kappa shape index (κ2) is 15.4. The van der Waals surface area contributed by atoms with Gasteiger partial charge in [-0.05, 0) is 89.8 Å². The van der Waals surface area contributed by atoms with Gasteiger partial charge in [-0.1, -0.05) is 140 Å². The van der Waals surface area contributed by atoms with Crippen LogP contribution in [0.5, 0.6) is 0 Å². The normalized spacial score (nSPS) is 12.2. The summed E-state index contributed by atoms with van der Waals surface area (Å²) in [4.78, 5) is 22.2. The molecule has 0 radical (unpaired) electrons. The average molecular weight is 1020 g/mol. The molecule has 0 aliphatic heterocycles. The van der Waals surface area contributed by atoms with Gasteiger partial charge in [0.05, 0.1) is 15.8 Å². The fourth-order valence-corrected chi connectivity index (χ4v) is 9.58. The summed E-state index contributed by atoms with van der Waals surface area (Å²) < 4.78 is 9.96. The molecule has 0 saturated carbocycles. The first-order valence-corrected chi connectivity index (χ1v) is 21.6. The summed E-state index contributed by atoms with van der Waals surface area (Å²) in [5, 5.41) is 3.05. The summed E-state index contributed by atoms with van der Waals surface area (Å²) >= 11 is 1.63. The maximum atomic E-state index is 6.71. The Morgan fingerprint density at radius 2 is 1.30 bits per heavy atom. The molecule has 0 aliphatic carbocycles. The minimum atomic E-state index is -0.442. The van der Waals surface area contributed by atoms with Crippen molar-refractivity contribution in [1.29, 1.82) is 0 Å². The number of pyridine rings is 1. The van der Waals surface area contributed by atoms with E-state index in [0.717, 1.165) is 77.1 Å². The van der Waals surface area contributed by atoms with Crippen molar-refractivity contribution in [3.05, 3.63) is 164 Å². The monoisotopic (exact) mass is 1020 g/mol. The van der Waals surface area contributed by atoms with Gasteiger partial charge in [-0.3, -0.25) is 4.98 Å². The first kappa shape index (κ1) is 40.6. The summed E-state index contributed by atoms with van der Waals surface area (Å²) in [6.45, 7) is 13.4. The molecule has 9 heteroatoms. The van der Waals surface area contributed by atoms with Crippen LogP contribution in [0.3, 0.4) is 0 Å². The number of fused-ring (bicyclic) bond motifs is 8. The molecule has 5 heterocycles. The number of nitrogens with zero attached hydrogens (tertiary/aromatic N) is 6. The Balaban J connectivity index is 0.00000471. The predicted molar refractivity (Wildman–Crippen MR) is 255 cm³/mol. The van der Waals surface area contributed by atoms with Crippen LogP contribution in [0.2, 0.25) is 0 Å². The second-order valence-corrected chi connectivity index (χ2v) is 18.9. The maximum Gasteiger partial charge on any atom is 2.00 e. The third-order valence-corrected chi connectivity index (χ3v) is 12.7. The van der Waals surface area contributed by atoms with Crippen LogP contribution in [0.15, 0.2) is 150 Å². The van der Waals surface area contributed by atoms with Crippen molar-refractivity contribution in [2.75, 3.05) is 4.90 Å². The topological polar surface area (TPSA) is 72.4 Å². The van der Waals surface area contributed by atoms with Crippen molar-refractivity contribution in [2.24, 2.45) is 0 Å². The standard InChI is InChI=1S/C54H42N6OS.Pt/c1-53(2,3)38-24-25-55-45(29-38)37-26-36(35-22-20-34(21-23-35)33-14-8-7-9-15-33)27-39(28-37)59(54(4,5)6)40-30-43-41-16-10-12-18-46(41)61-50(43)44(31-40)48-49-52(57-32-56-48)60-51(58-49)42-17-11-13-19-47(42)62-60;/h7-27,29-30,32H,1-6H3;/q-2;+2. The molecule has 0 unspecified atom stereocenters. The molecule has 11 aromatic rings. The van der Waals surface area contributed by atoms with Crippen LogP contribution in [0, 0.1) is 12.1 Å². The van der Waals surface area contributed by atoms with E-state index in [2.05, 4.69) is 172 Å². The van der Waals surface area contributed by atoms with Gasteiger partial charge in [-0.25, -0.2) is 13.8 Å². The second-order valence-electron chi connectivity index (χ2n) is 17.9. The smallest absolute Gasteiger partial charge is 0.501 e. The van der Waals surface area contributed by atoms with E-state index in [-0.39, 0.29) is 26.5 Å². The van der Waals surface area contributed by atoms with Crippen LogP contribution in [-0.2, 0) is 26.5 Å². The summed E-state index contributed by atoms with van der Waals surface area (Å²) in [5.74, 6) is 0. The molecule has 0 bridgehead atoms. The van der Waals surface area contributed by atoms with E-state index in [4.69, 9.17) is 24.4 Å². The molecule has 0 fully saturated rings. The summed E-state index contributed by atoms with van der Waals surface area (Å²) in [6, 6.07) is 54.5. The van der Waals surface area contributed by atoms with E-state index in [1.807, 2.05) is 30.5 Å². The molecule has 0 saturated heterocycles. The number of para-hydroxylation sites is 1. The van der Waals surface area contributed by atoms with Gasteiger partial charge in [0.2, 0.25) is 0 Å². The van der Waals surface area contributed by atoms with Crippen LogP contribution in [0.25, 0.3) is 93.6 Å². The molecule has 310 valence electrons. The van der Waals surface area contributed by atoms with Crippen LogP contribution in [0.1, 0.15) is 47.1 Å². The fraction of sp³-hybridized carbons (Fsp3) is 0.148. The zero-order valence-corrected chi connectivity index (χ0v) is 38.8. The van der Waals surface area contributed by atoms with E-state index in [9.17, 15) is 0 Å². The largest absolute Gasteiger partial charge is 2.00 e. The summed E-state index contributed by atoms with van der Waals surface area (Å²) in [5.41, 5.74) is 13.9. The molecule has 0 aliphatic rings. The third kappa shape index (κ3) is 7.12. The zero-order valence-electron chi connectivity index (χ0n) is 35.7. The Kier molecular flexibility index (Phi) is 9.93. The van der Waals surface area contributed by atoms with Gasteiger partial charge in [0.15, 0.2) is 11.3 Å². The number of anilines is 2. The Morgan fingerprint density at radius 3 is 2.06 bits per heavy atom. The number of aromatic nitrogens is 5. The average Bonchev–Trinajstić information content (AvgIpc) is 3.96. The minimum Gasteiger partial charge on any atom is -0.501 e. The molecule has 0 spiro atoms. The van der Waals surface area contributed by atoms with Crippen LogP contribution in [0.4, 0.5) is 11.4 Å². The number of furan rings is 1. The number of benzene rings is 6. The third-order valence-electron chi connectivity index (χ3n) is 11.6. The molecule has 0 N–H and O–H groups in total. The van der Waals surface area contributed by atoms with Crippen molar-refractivity contribution >= 4 is 71.7 Å². The number of hydrogen-bond donors (Lipinski definition) is 0. The predicted octanol–water partition coefficient (Wildman–Crippen LogP) is 14.3. The summed E-state index contributed by atoms with van der Waals surface area (Å²) in [7, 11) is 0. The molecular formula is C54H42N6OPtS. The van der Waals surface area contributed by atoms with Crippen molar-refractivity contribution in [1.82, 2.24) is 23.7 Å². The molecule has 7 nitrogen and oxygen atoms in total. The van der Waals surface area contributed by atoms with Gasteiger partial charge < -0.3 is 14.3 Å². The van der Waals surface area contributed by atoms with Crippen LogP contribution >= 0.6 is 11.5 Å². The molecule has 11 rings (SSSR count). The molecule has 63 heavy (non-hydrogen) atoms. The van der Waals surface area contributed by atoms with Crippen LogP contribution < -0.4 is 4.90 Å². The molecule has 6 aromatic carbocycles. The molecule has 0 atom stereocenters. The Morgan fingerprint density at radius 1 is 0.619 bits per heavy atom. The van der Waals surface area contributed by atoms with E-state index in [1.54, 1.807) is 17.9 Å². The summed E-state index contributed by atoms with van der Waals surface area (Å²) in [6.07, 6.45) is 3.54. The number of hydrogen-bond acceptors (Lipinski definition) is 7. The zero-order chi connectivity index (χ0) is 42.3. The van der Waals surface area contributed by atoms with E-state index in [1.165, 1.54) is 16.7 Å². The Labute approximate surface area is 384 Å². The maximum absolute atomic E-state index is 6.71. The molecule has 5 aromatic heterocycles. The van der Waals surface area contributed by atoms with Crippen molar-refractivity contribution in [3.8, 4) is 44.8 Å². The van der Waals surface area contributed by atoms with Gasteiger partial charge in [0.1, 0.15) is 11.9 Å². The van der Waals surface area contributed by atoms with Gasteiger partial charge >= 0.3 is 21.1 Å². The minimum absolute atomic E-state index is 0. The van der Waals surface area contributed by atoms with Gasteiger partial charge in [-0.15, -0.1) is 35.9 Å². The first-order valence-electron chi connectivity index (χ1n) is 20.9. The Bertz CT molecular complexity index is 3500. The molecule has 0 amide bonds. The first-order chi connectivity index (χ1) is 30.0. The quantitative estimate of drug-likeness (QED) is 0.155. The molecular weight excluding hydrogens is 976 g/mol. The van der Waals surface area contributed by atoms with E-state index in [0.29, 0.717) is 16.8 Å². The van der Waals surface area contributed by atoms with E-state index < -0.39 is 5.54 Å². The number of rotatable bonds is 6. The van der Waals surface area contributed by atoms with Crippen molar-refractivity contribution in [3.63, 3.8) is 0 Å². The van der Waals surface area contributed by atoms with Crippen LogP contribution in [-0.4, -0.2) is 29.3 Å². The van der Waals surface area contributed by atoms with Crippen molar-refractivity contribution in [2.45, 2.75) is 52.5 Å². The van der Waals surface area contributed by atoms with Gasteiger partial charge in [-0.2, -0.15) is 0 Å². The number of imidazole rings is 1. The van der Waals surface area contributed by atoms with E-state index >= 15 is 0 Å². The van der Waals surface area contributed by atoms with Gasteiger partial charge in [0.25, 0.3) is 0 Å².